The number of benzene rings is 2. The lowest BCUT2D eigenvalue weighted by Gasteiger charge is -2.07. The molecule has 5 heteroatoms. The van der Waals surface area contributed by atoms with E-state index in [0.717, 1.165) is 18.2 Å². The lowest BCUT2D eigenvalue weighted by molar-refractivity contribution is 0.548. The molecule has 2 aromatic carbocycles. The van der Waals surface area contributed by atoms with Crippen LogP contribution in [-0.4, -0.2) is 0 Å². The first-order valence-corrected chi connectivity index (χ1v) is 4.97. The molecule has 0 aliphatic carbocycles. The van der Waals surface area contributed by atoms with Gasteiger partial charge in [-0.2, -0.15) is 0 Å². The minimum atomic E-state index is -1.09. The van der Waals surface area contributed by atoms with Gasteiger partial charge in [-0.05, 0) is 18.2 Å². The van der Waals surface area contributed by atoms with Crippen LogP contribution < -0.4 is 0 Å². The third-order valence-corrected chi connectivity index (χ3v) is 2.52. The molecule has 0 aromatic heterocycles. The van der Waals surface area contributed by atoms with Gasteiger partial charge in [0.1, 0.15) is 23.3 Å². The smallest absolute Gasteiger partial charge is 0.136 e. The molecular weight excluding hydrogens is 256 g/mol. The van der Waals surface area contributed by atoms with E-state index in [1.807, 2.05) is 0 Å². The summed E-state index contributed by atoms with van der Waals surface area (Å²) < 4.78 is 52.4. The average molecular weight is 261 g/mol. The fraction of sp³-hybridized carbons (Fsp3) is 0. The van der Waals surface area contributed by atoms with Crippen LogP contribution in [0, 0.1) is 23.3 Å². The second-order valence-electron chi connectivity index (χ2n) is 3.37. The van der Waals surface area contributed by atoms with E-state index in [1.54, 1.807) is 0 Å². The summed E-state index contributed by atoms with van der Waals surface area (Å²) in [7, 11) is 0. The van der Waals surface area contributed by atoms with Crippen LogP contribution in [-0.2, 0) is 0 Å². The molecule has 0 aliphatic rings. The Morgan fingerprint density at radius 3 is 1.88 bits per heavy atom. The van der Waals surface area contributed by atoms with Crippen molar-refractivity contribution in [3.8, 4) is 11.1 Å². The molecule has 2 rings (SSSR count). The van der Waals surface area contributed by atoms with Crippen molar-refractivity contribution in [3.05, 3.63) is 58.6 Å². The van der Waals surface area contributed by atoms with E-state index in [1.165, 1.54) is 0 Å². The van der Waals surface area contributed by atoms with Crippen LogP contribution in [0.5, 0.6) is 0 Å². The van der Waals surface area contributed by atoms with Gasteiger partial charge in [0.05, 0.1) is 10.6 Å². The van der Waals surface area contributed by atoms with Crippen molar-refractivity contribution in [3.63, 3.8) is 0 Å². The quantitative estimate of drug-likeness (QED) is 0.659. The van der Waals surface area contributed by atoms with Gasteiger partial charge >= 0.3 is 0 Å². The maximum atomic E-state index is 13.4. The summed E-state index contributed by atoms with van der Waals surface area (Å²) in [4.78, 5) is 0. The fourth-order valence-electron chi connectivity index (χ4n) is 1.49. The minimum Gasteiger partial charge on any atom is -0.207 e. The van der Waals surface area contributed by atoms with Crippen molar-refractivity contribution in [1.29, 1.82) is 0 Å². The molecule has 0 heterocycles. The van der Waals surface area contributed by atoms with Gasteiger partial charge in [0.15, 0.2) is 0 Å². The highest BCUT2D eigenvalue weighted by Gasteiger charge is 2.16. The fourth-order valence-corrected chi connectivity index (χ4v) is 1.75. The SMILES string of the molecule is Fc1cc(F)c(-c2ccc(F)cc2Cl)c(F)c1. The molecule has 0 spiro atoms. The number of hydrogen-bond donors (Lipinski definition) is 0. The Kier molecular flexibility index (Phi) is 3.07. The standard InChI is InChI=1S/C12H5ClF4/c13-9-3-6(14)1-2-8(9)12-10(16)4-7(15)5-11(12)17/h1-5H. The zero-order valence-corrected chi connectivity index (χ0v) is 9.03. The second kappa shape index (κ2) is 4.37. The molecule has 0 atom stereocenters. The van der Waals surface area contributed by atoms with Gasteiger partial charge in [-0.15, -0.1) is 0 Å². The normalized spacial score (nSPS) is 10.6. The van der Waals surface area contributed by atoms with Crippen molar-refractivity contribution in [2.75, 3.05) is 0 Å². The lowest BCUT2D eigenvalue weighted by Crippen LogP contribution is -1.93. The first-order valence-electron chi connectivity index (χ1n) is 4.59. The summed E-state index contributed by atoms with van der Waals surface area (Å²) in [6.07, 6.45) is 0. The van der Waals surface area contributed by atoms with Crippen LogP contribution in [0.25, 0.3) is 11.1 Å². The Morgan fingerprint density at radius 1 is 0.765 bits per heavy atom. The molecule has 0 amide bonds. The van der Waals surface area contributed by atoms with E-state index in [4.69, 9.17) is 11.6 Å². The molecule has 0 bridgehead atoms. The largest absolute Gasteiger partial charge is 0.207 e. The predicted molar refractivity (Wildman–Crippen MR) is 56.7 cm³/mol. The van der Waals surface area contributed by atoms with Crippen LogP contribution in [0.3, 0.4) is 0 Å². The Balaban J connectivity index is 2.68. The zero-order chi connectivity index (χ0) is 12.6. The van der Waals surface area contributed by atoms with Crippen molar-refractivity contribution in [1.82, 2.24) is 0 Å². The summed E-state index contributed by atoms with van der Waals surface area (Å²) >= 11 is 5.68. The van der Waals surface area contributed by atoms with E-state index in [2.05, 4.69) is 0 Å². The van der Waals surface area contributed by atoms with E-state index in [-0.39, 0.29) is 10.6 Å². The Hall–Kier alpha value is -1.55. The van der Waals surface area contributed by atoms with Crippen LogP contribution in [0.2, 0.25) is 5.02 Å². The van der Waals surface area contributed by atoms with Gasteiger partial charge in [0, 0.05) is 17.7 Å². The average Bonchev–Trinajstić information content (AvgIpc) is 2.19. The molecule has 0 nitrogen and oxygen atoms in total. The third-order valence-electron chi connectivity index (χ3n) is 2.21. The van der Waals surface area contributed by atoms with Gasteiger partial charge in [-0.3, -0.25) is 0 Å². The van der Waals surface area contributed by atoms with Crippen molar-refractivity contribution < 1.29 is 17.6 Å². The van der Waals surface area contributed by atoms with Gasteiger partial charge < -0.3 is 0 Å². The maximum Gasteiger partial charge on any atom is 0.136 e. The van der Waals surface area contributed by atoms with E-state index in [0.29, 0.717) is 12.1 Å². The Bertz CT molecular complexity index is 558. The highest BCUT2D eigenvalue weighted by Crippen LogP contribution is 2.32. The summed E-state index contributed by atoms with van der Waals surface area (Å²) in [5.41, 5.74) is -0.500. The van der Waals surface area contributed by atoms with Crippen LogP contribution in [0.1, 0.15) is 0 Å². The van der Waals surface area contributed by atoms with Gasteiger partial charge in [0.2, 0.25) is 0 Å². The highest BCUT2D eigenvalue weighted by atomic mass is 35.5. The number of rotatable bonds is 1. The maximum absolute atomic E-state index is 13.4. The monoisotopic (exact) mass is 260 g/mol. The topological polar surface area (TPSA) is 0 Å². The molecule has 0 unspecified atom stereocenters. The van der Waals surface area contributed by atoms with Gasteiger partial charge in [0.25, 0.3) is 0 Å². The zero-order valence-electron chi connectivity index (χ0n) is 8.28. The van der Waals surface area contributed by atoms with Crippen LogP contribution in [0.4, 0.5) is 17.6 Å². The second-order valence-corrected chi connectivity index (χ2v) is 3.78. The summed E-state index contributed by atoms with van der Waals surface area (Å²) in [6.45, 7) is 0. The van der Waals surface area contributed by atoms with Crippen molar-refractivity contribution >= 4 is 11.6 Å². The first-order chi connectivity index (χ1) is 7.99. The minimum absolute atomic E-state index is 0.0249. The van der Waals surface area contributed by atoms with Crippen molar-refractivity contribution in [2.45, 2.75) is 0 Å². The highest BCUT2D eigenvalue weighted by molar-refractivity contribution is 6.33. The molecule has 0 saturated carbocycles. The molecule has 0 radical (unpaired) electrons. The first kappa shape index (κ1) is 11.9. The van der Waals surface area contributed by atoms with E-state index in [9.17, 15) is 17.6 Å². The summed E-state index contributed by atoms with van der Waals surface area (Å²) in [5, 5.41) is -0.144. The van der Waals surface area contributed by atoms with Crippen LogP contribution in [0.15, 0.2) is 30.3 Å². The number of hydrogen-bond acceptors (Lipinski definition) is 0. The van der Waals surface area contributed by atoms with E-state index >= 15 is 0 Å². The third kappa shape index (κ3) is 2.26. The molecule has 17 heavy (non-hydrogen) atoms. The molecular formula is C12H5ClF4. The molecule has 2 aromatic rings. The molecule has 0 fully saturated rings. The predicted octanol–water partition coefficient (Wildman–Crippen LogP) is 4.56. The molecule has 0 N–H and O–H groups in total. The van der Waals surface area contributed by atoms with Gasteiger partial charge in [-0.25, -0.2) is 17.6 Å². The molecule has 0 saturated heterocycles. The Labute approximate surface area is 99.5 Å². The van der Waals surface area contributed by atoms with Gasteiger partial charge in [-0.1, -0.05) is 11.6 Å². The summed E-state index contributed by atoms with van der Waals surface area (Å²) in [6, 6.07) is 4.16. The van der Waals surface area contributed by atoms with Crippen LogP contribution >= 0.6 is 11.6 Å². The van der Waals surface area contributed by atoms with Crippen molar-refractivity contribution in [2.24, 2.45) is 0 Å². The molecule has 0 aliphatic heterocycles. The molecule has 88 valence electrons. The lowest BCUT2D eigenvalue weighted by atomic mass is 10.0. The number of halogens is 5. The van der Waals surface area contributed by atoms with E-state index < -0.39 is 28.8 Å². The summed E-state index contributed by atoms with van der Waals surface area (Å²) in [5.74, 6) is -3.82. The Morgan fingerprint density at radius 2 is 1.35 bits per heavy atom.